The van der Waals surface area contributed by atoms with Crippen LogP contribution in [0.15, 0.2) is 48.5 Å². The molecule has 30 heavy (non-hydrogen) atoms. The quantitative estimate of drug-likeness (QED) is 0.781. The first-order chi connectivity index (χ1) is 14.2. The maximum atomic E-state index is 12.8. The first-order valence-electron chi connectivity index (χ1n) is 9.20. The molecule has 2 saturated heterocycles. The Hall–Kier alpha value is -2.94. The van der Waals surface area contributed by atoms with Crippen LogP contribution in [-0.4, -0.2) is 48.4 Å². The van der Waals surface area contributed by atoms with Crippen molar-refractivity contribution in [3.63, 3.8) is 0 Å². The van der Waals surface area contributed by atoms with Crippen molar-refractivity contribution >= 4 is 29.2 Å². The van der Waals surface area contributed by atoms with Gasteiger partial charge in [-0.3, -0.25) is 9.69 Å². The molecule has 0 bridgehead atoms. The van der Waals surface area contributed by atoms with E-state index in [4.69, 9.17) is 11.6 Å². The van der Waals surface area contributed by atoms with E-state index < -0.39 is 6.36 Å². The average Bonchev–Trinajstić information content (AvgIpc) is 3.20. The Morgan fingerprint density at radius 2 is 1.87 bits per heavy atom. The molecule has 4 rings (SSSR count). The lowest BCUT2D eigenvalue weighted by atomic mass is 10.1. The van der Waals surface area contributed by atoms with Gasteiger partial charge in [0.05, 0.1) is 6.04 Å². The van der Waals surface area contributed by atoms with Crippen LogP contribution in [0.3, 0.4) is 0 Å². The zero-order valence-corrected chi connectivity index (χ0v) is 16.3. The summed E-state index contributed by atoms with van der Waals surface area (Å²) in [6.45, 7) is 0.753. The second-order valence-electron chi connectivity index (χ2n) is 7.16. The van der Waals surface area contributed by atoms with Gasteiger partial charge in [0.25, 0.3) is 5.91 Å². The van der Waals surface area contributed by atoms with Crippen molar-refractivity contribution in [3.05, 3.63) is 59.1 Å². The van der Waals surface area contributed by atoms with Crippen molar-refractivity contribution in [1.29, 1.82) is 0 Å². The van der Waals surface area contributed by atoms with Gasteiger partial charge in [0.1, 0.15) is 5.75 Å². The summed E-state index contributed by atoms with van der Waals surface area (Å²) in [6.07, 6.45) is -4.18. The third-order valence-corrected chi connectivity index (χ3v) is 5.32. The van der Waals surface area contributed by atoms with E-state index in [0.717, 1.165) is 0 Å². The fraction of sp³-hybridized carbons (Fsp3) is 0.300. The summed E-state index contributed by atoms with van der Waals surface area (Å²) in [7, 11) is 0. The number of nitrogens with zero attached hydrogens (tertiary/aromatic N) is 2. The normalized spacial score (nSPS) is 21.0. The summed E-state index contributed by atoms with van der Waals surface area (Å²) in [5, 5.41) is 3.39. The Bertz CT molecular complexity index is 968. The lowest BCUT2D eigenvalue weighted by molar-refractivity contribution is -0.274. The first-order valence-corrected chi connectivity index (χ1v) is 9.58. The van der Waals surface area contributed by atoms with Gasteiger partial charge in [-0.05, 0) is 48.9 Å². The molecular formula is C20H17ClF3N3O3. The van der Waals surface area contributed by atoms with E-state index in [1.807, 2.05) is 0 Å². The van der Waals surface area contributed by atoms with E-state index in [1.165, 1.54) is 29.2 Å². The highest BCUT2D eigenvalue weighted by Gasteiger charge is 2.45. The number of halogens is 4. The molecule has 1 N–H and O–H groups in total. The number of carbonyl (C=O) groups excluding carboxylic acids is 2. The van der Waals surface area contributed by atoms with Crippen molar-refractivity contribution in [2.75, 3.05) is 18.0 Å². The summed E-state index contributed by atoms with van der Waals surface area (Å²) in [4.78, 5) is 28.3. The summed E-state index contributed by atoms with van der Waals surface area (Å²) in [5.74, 6) is -0.601. The van der Waals surface area contributed by atoms with E-state index in [2.05, 4.69) is 10.1 Å². The molecule has 10 heteroatoms. The molecule has 0 radical (unpaired) electrons. The molecule has 0 aliphatic carbocycles. The van der Waals surface area contributed by atoms with Crippen LogP contribution in [0.1, 0.15) is 16.8 Å². The number of amides is 3. The highest BCUT2D eigenvalue weighted by molar-refractivity contribution is 6.30. The molecule has 0 spiro atoms. The third kappa shape index (κ3) is 4.30. The highest BCUT2D eigenvalue weighted by atomic mass is 35.5. The fourth-order valence-electron chi connectivity index (χ4n) is 3.81. The van der Waals surface area contributed by atoms with Crippen molar-refractivity contribution in [3.8, 4) is 5.75 Å². The van der Waals surface area contributed by atoms with E-state index in [9.17, 15) is 22.8 Å². The standard InChI is InChI=1S/C20H17ClF3N3O3/c21-13-3-1-2-12(8-13)18(28)25-14-9-16-11-27(19(29)26(16)10-14)15-4-6-17(7-5-15)30-20(22,23)24/h1-8,14,16H,9-11H2,(H,25,28)/t14-,16+/m1/s1. The van der Waals surface area contributed by atoms with Crippen LogP contribution < -0.4 is 15.0 Å². The minimum atomic E-state index is -4.77. The number of fused-ring (bicyclic) bond motifs is 1. The molecule has 2 aromatic carbocycles. The molecular weight excluding hydrogens is 423 g/mol. The van der Waals surface area contributed by atoms with Crippen LogP contribution in [0.2, 0.25) is 5.02 Å². The number of rotatable bonds is 4. The molecule has 2 fully saturated rings. The maximum Gasteiger partial charge on any atom is 0.573 e. The van der Waals surface area contributed by atoms with Gasteiger partial charge in [-0.15, -0.1) is 13.2 Å². The zero-order chi connectivity index (χ0) is 21.5. The van der Waals surface area contributed by atoms with E-state index in [0.29, 0.717) is 35.8 Å². The largest absolute Gasteiger partial charge is 0.573 e. The number of hydrogen-bond acceptors (Lipinski definition) is 3. The number of carbonyl (C=O) groups is 2. The molecule has 6 nitrogen and oxygen atoms in total. The average molecular weight is 440 g/mol. The fourth-order valence-corrected chi connectivity index (χ4v) is 4.00. The number of ether oxygens (including phenoxy) is 1. The molecule has 2 aliphatic rings. The first kappa shape index (κ1) is 20.3. The monoisotopic (exact) mass is 439 g/mol. The van der Waals surface area contributed by atoms with Crippen LogP contribution in [-0.2, 0) is 0 Å². The molecule has 3 amide bonds. The van der Waals surface area contributed by atoms with E-state index in [1.54, 1.807) is 29.2 Å². The van der Waals surface area contributed by atoms with Gasteiger partial charge in [0, 0.05) is 35.4 Å². The highest BCUT2D eigenvalue weighted by Crippen LogP contribution is 2.32. The van der Waals surface area contributed by atoms with Crippen LogP contribution in [0.4, 0.5) is 23.7 Å². The van der Waals surface area contributed by atoms with Gasteiger partial charge in [0.15, 0.2) is 0 Å². The smallest absolute Gasteiger partial charge is 0.406 e. The number of hydrogen-bond donors (Lipinski definition) is 1. The molecule has 2 aromatic rings. The van der Waals surface area contributed by atoms with Crippen molar-refractivity contribution in [2.24, 2.45) is 0 Å². The van der Waals surface area contributed by atoms with Gasteiger partial charge in [0.2, 0.25) is 0 Å². The molecule has 0 aromatic heterocycles. The van der Waals surface area contributed by atoms with Crippen LogP contribution in [0.5, 0.6) is 5.75 Å². The number of nitrogens with one attached hydrogen (secondary N) is 1. The topological polar surface area (TPSA) is 61.9 Å². The predicted octanol–water partition coefficient (Wildman–Crippen LogP) is 4.05. The Balaban J connectivity index is 1.37. The van der Waals surface area contributed by atoms with Gasteiger partial charge >= 0.3 is 12.4 Å². The van der Waals surface area contributed by atoms with Gasteiger partial charge in [-0.25, -0.2) is 4.79 Å². The summed E-state index contributed by atoms with van der Waals surface area (Å²) < 4.78 is 40.7. The van der Waals surface area contributed by atoms with Crippen LogP contribution in [0.25, 0.3) is 0 Å². The Morgan fingerprint density at radius 1 is 1.13 bits per heavy atom. The second-order valence-corrected chi connectivity index (χ2v) is 7.59. The van der Waals surface area contributed by atoms with E-state index >= 15 is 0 Å². The maximum absolute atomic E-state index is 12.8. The van der Waals surface area contributed by atoms with Gasteiger partial charge in [-0.2, -0.15) is 0 Å². The van der Waals surface area contributed by atoms with Gasteiger partial charge < -0.3 is 15.0 Å². The number of benzene rings is 2. The van der Waals surface area contributed by atoms with Crippen LogP contribution >= 0.6 is 11.6 Å². The van der Waals surface area contributed by atoms with Crippen molar-refractivity contribution in [1.82, 2.24) is 10.2 Å². The van der Waals surface area contributed by atoms with Crippen molar-refractivity contribution < 1.29 is 27.5 Å². The Morgan fingerprint density at radius 3 is 2.50 bits per heavy atom. The Kier molecular flexibility index (Phi) is 5.23. The molecule has 2 atom stereocenters. The van der Waals surface area contributed by atoms with Crippen LogP contribution in [0, 0.1) is 0 Å². The number of anilines is 1. The molecule has 2 heterocycles. The zero-order valence-electron chi connectivity index (χ0n) is 15.5. The lowest BCUT2D eigenvalue weighted by Gasteiger charge is -2.20. The predicted molar refractivity (Wildman–Crippen MR) is 104 cm³/mol. The van der Waals surface area contributed by atoms with Crippen molar-refractivity contribution in [2.45, 2.75) is 24.9 Å². The lowest BCUT2D eigenvalue weighted by Crippen LogP contribution is -2.40. The van der Waals surface area contributed by atoms with Gasteiger partial charge in [-0.1, -0.05) is 17.7 Å². The summed E-state index contributed by atoms with van der Waals surface area (Å²) >= 11 is 5.92. The molecule has 0 unspecified atom stereocenters. The minimum absolute atomic E-state index is 0.0896. The van der Waals surface area contributed by atoms with E-state index in [-0.39, 0.29) is 29.8 Å². The molecule has 0 saturated carbocycles. The SMILES string of the molecule is O=C(N[C@@H]1C[C@H]2CN(c3ccc(OC(F)(F)F)cc3)C(=O)N2C1)c1cccc(Cl)c1. The molecule has 2 aliphatic heterocycles. The number of urea groups is 1. The Labute approximate surface area is 175 Å². The third-order valence-electron chi connectivity index (χ3n) is 5.09. The minimum Gasteiger partial charge on any atom is -0.406 e. The second kappa shape index (κ2) is 7.71. The molecule has 158 valence electrons. The summed E-state index contributed by atoms with van der Waals surface area (Å²) in [5.41, 5.74) is 0.937. The number of alkyl halides is 3. The summed E-state index contributed by atoms with van der Waals surface area (Å²) in [6, 6.07) is 11.3.